The molecule has 1 amide bonds. The molecule has 1 aromatic heterocycles. The number of rotatable bonds is 5. The average Bonchev–Trinajstić information content (AvgIpc) is 3.10. The smallest absolute Gasteiger partial charge is 0.353 e. The van der Waals surface area contributed by atoms with Gasteiger partial charge in [0.2, 0.25) is 5.91 Å². The molecule has 33 heavy (non-hydrogen) atoms. The van der Waals surface area contributed by atoms with Gasteiger partial charge >= 0.3 is 5.69 Å². The number of nitrogens with zero attached hydrogens (tertiary/aromatic N) is 5. The van der Waals surface area contributed by atoms with Crippen LogP contribution < -0.4 is 22.1 Å². The van der Waals surface area contributed by atoms with E-state index in [9.17, 15) is 9.59 Å². The van der Waals surface area contributed by atoms with E-state index in [0.717, 1.165) is 25.3 Å². The number of anilines is 1. The summed E-state index contributed by atoms with van der Waals surface area (Å²) in [5.41, 5.74) is 12.9. The van der Waals surface area contributed by atoms with Crippen molar-refractivity contribution >= 4 is 11.7 Å². The number of benzene rings is 1. The van der Waals surface area contributed by atoms with Gasteiger partial charge in [-0.1, -0.05) is 19.1 Å². The average molecular weight is 454 g/mol. The first kappa shape index (κ1) is 23.4. The minimum atomic E-state index is -0.879. The topological polar surface area (TPSA) is 114 Å². The summed E-state index contributed by atoms with van der Waals surface area (Å²) in [6.45, 7) is 10.8. The van der Waals surface area contributed by atoms with Crippen molar-refractivity contribution in [3.05, 3.63) is 52.6 Å². The number of carbonyl (C=O) groups excluding carboxylic acids is 1. The first-order valence-corrected chi connectivity index (χ1v) is 11.6. The van der Waals surface area contributed by atoms with Crippen molar-refractivity contribution in [1.29, 1.82) is 0 Å². The van der Waals surface area contributed by atoms with Gasteiger partial charge in [-0.15, -0.1) is 0 Å². The second-order valence-corrected chi connectivity index (χ2v) is 9.94. The fraction of sp³-hybridized carbons (Fsp3) is 0.542. The SMILES string of the molecule is CC1CN(Cc2ccc(-n3ccc(N4CCN(C(=O)C(C)(C)N)CC4)nc3=O)cc2)CC1N. The molecule has 3 heterocycles. The van der Waals surface area contributed by atoms with E-state index in [4.69, 9.17) is 11.5 Å². The van der Waals surface area contributed by atoms with E-state index in [1.54, 1.807) is 29.5 Å². The van der Waals surface area contributed by atoms with Gasteiger partial charge in [-0.3, -0.25) is 14.3 Å². The van der Waals surface area contributed by atoms with Crippen LogP contribution in [-0.4, -0.2) is 76.1 Å². The Morgan fingerprint density at radius 3 is 2.30 bits per heavy atom. The summed E-state index contributed by atoms with van der Waals surface area (Å²) in [6.07, 6.45) is 1.77. The molecule has 0 bridgehead atoms. The van der Waals surface area contributed by atoms with Crippen LogP contribution >= 0.6 is 0 Å². The number of likely N-dealkylation sites (tertiary alicyclic amines) is 1. The van der Waals surface area contributed by atoms with E-state index < -0.39 is 5.54 Å². The van der Waals surface area contributed by atoms with Gasteiger partial charge in [0.25, 0.3) is 0 Å². The van der Waals surface area contributed by atoms with Gasteiger partial charge < -0.3 is 21.3 Å². The maximum Gasteiger partial charge on any atom is 0.354 e. The number of aromatic nitrogens is 2. The van der Waals surface area contributed by atoms with Gasteiger partial charge in [-0.05, 0) is 43.5 Å². The number of amides is 1. The molecule has 2 aliphatic heterocycles. The Hall–Kier alpha value is -2.75. The Balaban J connectivity index is 1.39. The van der Waals surface area contributed by atoms with Gasteiger partial charge in [0.15, 0.2) is 0 Å². The lowest BCUT2D eigenvalue weighted by Crippen LogP contribution is -2.57. The van der Waals surface area contributed by atoms with Crippen molar-refractivity contribution < 1.29 is 4.79 Å². The fourth-order valence-electron chi connectivity index (χ4n) is 4.56. The number of hydrogen-bond acceptors (Lipinski definition) is 7. The molecule has 2 fully saturated rings. The van der Waals surface area contributed by atoms with Crippen LogP contribution in [0.4, 0.5) is 5.82 Å². The van der Waals surface area contributed by atoms with Gasteiger partial charge in [0, 0.05) is 58.1 Å². The van der Waals surface area contributed by atoms with Gasteiger partial charge in [0.05, 0.1) is 11.2 Å². The van der Waals surface area contributed by atoms with Crippen LogP contribution in [0.25, 0.3) is 5.69 Å². The number of nitrogens with two attached hydrogens (primary N) is 2. The van der Waals surface area contributed by atoms with Crippen molar-refractivity contribution in [3.8, 4) is 5.69 Å². The molecule has 0 radical (unpaired) electrons. The molecule has 0 saturated carbocycles. The maximum absolute atomic E-state index is 12.7. The summed E-state index contributed by atoms with van der Waals surface area (Å²) in [6, 6.07) is 10.1. The molecule has 4 rings (SSSR count). The number of carbonyl (C=O) groups is 1. The molecule has 2 aliphatic rings. The van der Waals surface area contributed by atoms with E-state index in [2.05, 4.69) is 28.9 Å². The molecule has 2 saturated heterocycles. The highest BCUT2D eigenvalue weighted by Gasteiger charge is 2.30. The molecule has 2 atom stereocenters. The predicted molar refractivity (Wildman–Crippen MR) is 129 cm³/mol. The van der Waals surface area contributed by atoms with Crippen LogP contribution in [0, 0.1) is 5.92 Å². The molecule has 4 N–H and O–H groups in total. The van der Waals surface area contributed by atoms with Crippen molar-refractivity contribution in [2.75, 3.05) is 44.2 Å². The zero-order valence-corrected chi connectivity index (χ0v) is 19.8. The van der Waals surface area contributed by atoms with Crippen LogP contribution in [0.3, 0.4) is 0 Å². The minimum Gasteiger partial charge on any atom is -0.353 e. The molecule has 1 aromatic carbocycles. The molecule has 9 nitrogen and oxygen atoms in total. The molecule has 9 heteroatoms. The fourth-order valence-corrected chi connectivity index (χ4v) is 4.56. The van der Waals surface area contributed by atoms with Crippen LogP contribution in [-0.2, 0) is 11.3 Å². The third-order valence-electron chi connectivity index (χ3n) is 6.60. The highest BCUT2D eigenvalue weighted by Crippen LogP contribution is 2.19. The maximum atomic E-state index is 12.7. The Kier molecular flexibility index (Phi) is 6.56. The Morgan fingerprint density at radius 1 is 1.09 bits per heavy atom. The second kappa shape index (κ2) is 9.24. The van der Waals surface area contributed by atoms with E-state index in [1.165, 1.54) is 5.56 Å². The first-order chi connectivity index (χ1) is 15.6. The lowest BCUT2D eigenvalue weighted by atomic mass is 10.0. The van der Waals surface area contributed by atoms with Crippen LogP contribution in [0.1, 0.15) is 26.3 Å². The lowest BCUT2D eigenvalue weighted by molar-refractivity contribution is -0.136. The quantitative estimate of drug-likeness (QED) is 0.673. The Morgan fingerprint density at radius 2 is 1.76 bits per heavy atom. The van der Waals surface area contributed by atoms with Crippen molar-refractivity contribution in [2.24, 2.45) is 17.4 Å². The summed E-state index contributed by atoms with van der Waals surface area (Å²) in [7, 11) is 0. The monoisotopic (exact) mass is 453 g/mol. The van der Waals surface area contributed by atoms with Crippen molar-refractivity contribution in [2.45, 2.75) is 38.9 Å². The number of hydrogen-bond donors (Lipinski definition) is 2. The lowest BCUT2D eigenvalue weighted by Gasteiger charge is -2.37. The van der Waals surface area contributed by atoms with Gasteiger partial charge in [0.1, 0.15) is 5.82 Å². The highest BCUT2D eigenvalue weighted by molar-refractivity contribution is 5.85. The standard InChI is InChI=1S/C24H35N7O2/c1-17-14-28(16-20(17)25)15-18-4-6-19(7-5-18)31-9-8-21(27-23(31)33)29-10-12-30(13-11-29)22(32)24(2,3)26/h4-9,17,20H,10-16,25-26H2,1-3H3. The van der Waals surface area contributed by atoms with E-state index >= 15 is 0 Å². The predicted octanol–water partition coefficient (Wildman–Crippen LogP) is 0.397. The normalized spacial score (nSPS) is 22.1. The second-order valence-electron chi connectivity index (χ2n) is 9.94. The molecule has 2 unspecified atom stereocenters. The van der Waals surface area contributed by atoms with Gasteiger partial charge in [-0.2, -0.15) is 4.98 Å². The van der Waals surface area contributed by atoms with Crippen molar-refractivity contribution in [1.82, 2.24) is 19.4 Å². The largest absolute Gasteiger partial charge is 0.354 e. The van der Waals surface area contributed by atoms with E-state index in [1.807, 2.05) is 23.1 Å². The van der Waals surface area contributed by atoms with Crippen LogP contribution in [0.2, 0.25) is 0 Å². The van der Waals surface area contributed by atoms with Gasteiger partial charge in [-0.25, -0.2) is 4.79 Å². The van der Waals surface area contributed by atoms with E-state index in [0.29, 0.717) is 37.9 Å². The minimum absolute atomic E-state index is 0.0592. The van der Waals surface area contributed by atoms with Crippen LogP contribution in [0.15, 0.2) is 41.3 Å². The first-order valence-electron chi connectivity index (χ1n) is 11.6. The number of piperazine rings is 1. The highest BCUT2D eigenvalue weighted by atomic mass is 16.2. The third-order valence-corrected chi connectivity index (χ3v) is 6.60. The molecule has 178 valence electrons. The molecular formula is C24H35N7O2. The zero-order valence-electron chi connectivity index (χ0n) is 19.8. The summed E-state index contributed by atoms with van der Waals surface area (Å²) in [5.74, 6) is 1.09. The zero-order chi connectivity index (χ0) is 23.8. The summed E-state index contributed by atoms with van der Waals surface area (Å²) in [4.78, 5) is 35.6. The van der Waals surface area contributed by atoms with Crippen LogP contribution in [0.5, 0.6) is 0 Å². The Bertz CT molecular complexity index is 1030. The molecule has 0 spiro atoms. The van der Waals surface area contributed by atoms with Crippen molar-refractivity contribution in [3.63, 3.8) is 0 Å². The summed E-state index contributed by atoms with van der Waals surface area (Å²) in [5, 5.41) is 0. The molecular weight excluding hydrogens is 418 g/mol. The third kappa shape index (κ3) is 5.26. The Labute approximate surface area is 195 Å². The summed E-state index contributed by atoms with van der Waals surface area (Å²) >= 11 is 0. The summed E-state index contributed by atoms with van der Waals surface area (Å²) < 4.78 is 1.55. The molecule has 0 aliphatic carbocycles. The van der Waals surface area contributed by atoms with E-state index in [-0.39, 0.29) is 17.6 Å². The molecule has 2 aromatic rings.